The van der Waals surface area contributed by atoms with Crippen molar-refractivity contribution in [2.24, 2.45) is 0 Å². The summed E-state index contributed by atoms with van der Waals surface area (Å²) in [6.07, 6.45) is 3.34. The Kier molecular flexibility index (Phi) is 4.37. The largest absolute Gasteiger partial charge is 0.335 e. The molecule has 0 aliphatic carbocycles. The van der Waals surface area contributed by atoms with E-state index >= 15 is 0 Å². The lowest BCUT2D eigenvalue weighted by atomic mass is 10.1. The normalized spacial score (nSPS) is 15.8. The number of aromatic nitrogens is 1. The number of imide groups is 2. The first-order chi connectivity index (χ1) is 13.5. The summed E-state index contributed by atoms with van der Waals surface area (Å²) in [5.74, 6) is -1.36. The third-order valence-corrected chi connectivity index (χ3v) is 4.47. The highest BCUT2D eigenvalue weighted by atomic mass is 16.2. The van der Waals surface area contributed by atoms with Gasteiger partial charge in [0.25, 0.3) is 11.8 Å². The van der Waals surface area contributed by atoms with Crippen LogP contribution >= 0.6 is 0 Å². The number of carbonyl (C=O) groups is 3. The summed E-state index contributed by atoms with van der Waals surface area (Å²) in [4.78, 5) is 38.7. The predicted molar refractivity (Wildman–Crippen MR) is 106 cm³/mol. The summed E-state index contributed by atoms with van der Waals surface area (Å²) in [6, 6.07) is 19.4. The third kappa shape index (κ3) is 3.12. The highest BCUT2D eigenvalue weighted by Crippen LogP contribution is 2.23. The number of nitrogens with one attached hydrogen (secondary N) is 1. The van der Waals surface area contributed by atoms with Crippen molar-refractivity contribution in [1.82, 2.24) is 9.88 Å². The Labute approximate surface area is 161 Å². The SMILES string of the molecule is Cc1cccc(N2C(=O)NC(=O)C(=Cc3cccn3-c3ccccc3)C2=O)c1. The molecule has 0 unspecified atom stereocenters. The number of hydrogen-bond acceptors (Lipinski definition) is 3. The smallest absolute Gasteiger partial charge is 0.317 e. The molecular formula is C22H17N3O3. The zero-order valence-electron chi connectivity index (χ0n) is 15.1. The topological polar surface area (TPSA) is 71.4 Å². The Bertz CT molecular complexity index is 1110. The number of barbiturate groups is 1. The molecule has 2 aromatic carbocycles. The summed E-state index contributed by atoms with van der Waals surface area (Å²) >= 11 is 0. The quantitative estimate of drug-likeness (QED) is 0.566. The lowest BCUT2D eigenvalue weighted by molar-refractivity contribution is -0.122. The van der Waals surface area contributed by atoms with Gasteiger partial charge in [-0.15, -0.1) is 0 Å². The van der Waals surface area contributed by atoms with Crippen molar-refractivity contribution in [1.29, 1.82) is 0 Å². The highest BCUT2D eigenvalue weighted by Gasteiger charge is 2.37. The third-order valence-electron chi connectivity index (χ3n) is 4.47. The molecule has 1 N–H and O–H groups in total. The summed E-state index contributed by atoms with van der Waals surface area (Å²) < 4.78 is 1.86. The fraction of sp³-hybridized carbons (Fsp3) is 0.0455. The minimum absolute atomic E-state index is 0.100. The molecule has 0 radical (unpaired) electrons. The van der Waals surface area contributed by atoms with Gasteiger partial charge >= 0.3 is 6.03 Å². The maximum absolute atomic E-state index is 13.0. The number of hydrogen-bond donors (Lipinski definition) is 1. The molecule has 1 saturated heterocycles. The molecule has 1 aliphatic heterocycles. The first-order valence-corrected chi connectivity index (χ1v) is 8.75. The number of carbonyl (C=O) groups excluding carboxylic acids is 3. The average molecular weight is 371 g/mol. The van der Waals surface area contributed by atoms with Gasteiger partial charge in [-0.2, -0.15) is 0 Å². The van der Waals surface area contributed by atoms with Crippen molar-refractivity contribution in [3.63, 3.8) is 0 Å². The van der Waals surface area contributed by atoms with E-state index < -0.39 is 17.8 Å². The first kappa shape index (κ1) is 17.5. The van der Waals surface area contributed by atoms with Crippen LogP contribution in [0.5, 0.6) is 0 Å². The number of para-hydroxylation sites is 1. The van der Waals surface area contributed by atoms with Gasteiger partial charge in [0.05, 0.1) is 5.69 Å². The second-order valence-corrected chi connectivity index (χ2v) is 6.44. The lowest BCUT2D eigenvalue weighted by Gasteiger charge is -2.26. The van der Waals surface area contributed by atoms with Crippen LogP contribution in [-0.2, 0) is 9.59 Å². The van der Waals surface area contributed by atoms with Gasteiger partial charge in [0.1, 0.15) is 5.57 Å². The molecule has 1 aliphatic rings. The zero-order valence-corrected chi connectivity index (χ0v) is 15.1. The van der Waals surface area contributed by atoms with Crippen molar-refractivity contribution in [3.05, 3.63) is 89.8 Å². The van der Waals surface area contributed by atoms with Gasteiger partial charge in [-0.25, -0.2) is 9.69 Å². The van der Waals surface area contributed by atoms with Crippen LogP contribution in [0.15, 0.2) is 78.5 Å². The van der Waals surface area contributed by atoms with Crippen molar-refractivity contribution in [2.75, 3.05) is 4.90 Å². The lowest BCUT2D eigenvalue weighted by Crippen LogP contribution is -2.54. The van der Waals surface area contributed by atoms with E-state index in [1.54, 1.807) is 24.3 Å². The van der Waals surface area contributed by atoms with Crippen LogP contribution < -0.4 is 10.2 Å². The van der Waals surface area contributed by atoms with Gasteiger partial charge in [-0.1, -0.05) is 30.3 Å². The molecular weight excluding hydrogens is 354 g/mol. The maximum atomic E-state index is 13.0. The van der Waals surface area contributed by atoms with Crippen LogP contribution in [-0.4, -0.2) is 22.4 Å². The molecule has 0 bridgehead atoms. The van der Waals surface area contributed by atoms with E-state index in [2.05, 4.69) is 5.32 Å². The monoisotopic (exact) mass is 371 g/mol. The van der Waals surface area contributed by atoms with Crippen molar-refractivity contribution in [3.8, 4) is 5.69 Å². The standard InChI is InChI=1S/C22H17N3O3/c1-15-7-5-10-18(13-15)25-21(27)19(20(26)23-22(25)28)14-17-11-6-12-24(17)16-8-3-2-4-9-16/h2-14H,1H3,(H,23,26,28). The molecule has 6 heteroatoms. The van der Waals surface area contributed by atoms with Gasteiger partial charge in [0, 0.05) is 17.6 Å². The van der Waals surface area contributed by atoms with E-state index in [-0.39, 0.29) is 5.57 Å². The van der Waals surface area contributed by atoms with Crippen LogP contribution in [0.2, 0.25) is 0 Å². The predicted octanol–water partition coefficient (Wildman–Crippen LogP) is 3.45. The average Bonchev–Trinajstić information content (AvgIpc) is 3.14. The van der Waals surface area contributed by atoms with E-state index in [1.807, 2.05) is 60.2 Å². The number of nitrogens with zero attached hydrogens (tertiary/aromatic N) is 2. The van der Waals surface area contributed by atoms with Gasteiger partial charge in [0.2, 0.25) is 0 Å². The molecule has 4 amide bonds. The van der Waals surface area contributed by atoms with E-state index in [9.17, 15) is 14.4 Å². The number of rotatable bonds is 3. The van der Waals surface area contributed by atoms with E-state index in [0.717, 1.165) is 16.2 Å². The summed E-state index contributed by atoms with van der Waals surface area (Å²) in [7, 11) is 0. The second kappa shape index (κ2) is 7.00. The summed E-state index contributed by atoms with van der Waals surface area (Å²) in [5, 5.41) is 2.25. The molecule has 6 nitrogen and oxygen atoms in total. The number of anilines is 1. The second-order valence-electron chi connectivity index (χ2n) is 6.44. The summed E-state index contributed by atoms with van der Waals surface area (Å²) in [5.41, 5.74) is 2.77. The minimum atomic E-state index is -0.754. The Morgan fingerprint density at radius 3 is 2.36 bits per heavy atom. The Morgan fingerprint density at radius 2 is 1.61 bits per heavy atom. The number of aryl methyl sites for hydroxylation is 1. The fourth-order valence-electron chi connectivity index (χ4n) is 3.14. The Hall–Kier alpha value is -3.93. The number of benzene rings is 2. The van der Waals surface area contributed by atoms with Crippen LogP contribution in [0.25, 0.3) is 11.8 Å². The maximum Gasteiger partial charge on any atom is 0.335 e. The Balaban J connectivity index is 1.76. The van der Waals surface area contributed by atoms with Gasteiger partial charge in [-0.3, -0.25) is 14.9 Å². The molecule has 3 aromatic rings. The molecule has 138 valence electrons. The molecule has 1 aromatic heterocycles. The van der Waals surface area contributed by atoms with Crippen molar-refractivity contribution in [2.45, 2.75) is 6.92 Å². The zero-order chi connectivity index (χ0) is 19.7. The van der Waals surface area contributed by atoms with Crippen molar-refractivity contribution < 1.29 is 14.4 Å². The van der Waals surface area contributed by atoms with Gasteiger partial charge < -0.3 is 4.57 Å². The minimum Gasteiger partial charge on any atom is -0.317 e. The molecule has 28 heavy (non-hydrogen) atoms. The number of urea groups is 1. The first-order valence-electron chi connectivity index (χ1n) is 8.75. The highest BCUT2D eigenvalue weighted by molar-refractivity contribution is 6.39. The van der Waals surface area contributed by atoms with E-state index in [1.165, 1.54) is 6.08 Å². The number of amides is 4. The van der Waals surface area contributed by atoms with Crippen LogP contribution in [0.4, 0.5) is 10.5 Å². The molecule has 0 atom stereocenters. The molecule has 4 rings (SSSR count). The van der Waals surface area contributed by atoms with E-state index in [0.29, 0.717) is 11.4 Å². The molecule has 1 fully saturated rings. The molecule has 0 spiro atoms. The van der Waals surface area contributed by atoms with Crippen LogP contribution in [0, 0.1) is 6.92 Å². The molecule has 2 heterocycles. The summed E-state index contributed by atoms with van der Waals surface area (Å²) in [6.45, 7) is 1.87. The van der Waals surface area contributed by atoms with Gasteiger partial charge in [-0.05, 0) is 55.0 Å². The van der Waals surface area contributed by atoms with Crippen molar-refractivity contribution >= 4 is 29.6 Å². The Morgan fingerprint density at radius 1 is 0.857 bits per heavy atom. The fourth-order valence-corrected chi connectivity index (χ4v) is 3.14. The van der Waals surface area contributed by atoms with Crippen LogP contribution in [0.3, 0.4) is 0 Å². The van der Waals surface area contributed by atoms with E-state index in [4.69, 9.17) is 0 Å². The molecule has 0 saturated carbocycles. The van der Waals surface area contributed by atoms with Gasteiger partial charge in [0.15, 0.2) is 0 Å². The van der Waals surface area contributed by atoms with Crippen LogP contribution in [0.1, 0.15) is 11.3 Å².